The van der Waals surface area contributed by atoms with Gasteiger partial charge in [-0.2, -0.15) is 0 Å². The maximum atomic E-state index is 11.8. The number of phosphoric ester groups is 1. The molecular weight excluding hydrogens is 397 g/mol. The van der Waals surface area contributed by atoms with Crippen molar-refractivity contribution in [1.29, 1.82) is 0 Å². The van der Waals surface area contributed by atoms with Crippen molar-refractivity contribution < 1.29 is 23.0 Å². The predicted octanol–water partition coefficient (Wildman–Crippen LogP) is 4.68. The molecule has 0 aliphatic rings. The van der Waals surface area contributed by atoms with E-state index in [4.69, 9.17) is 9.05 Å². The van der Waals surface area contributed by atoms with Crippen molar-refractivity contribution in [2.24, 2.45) is 0 Å². The van der Waals surface area contributed by atoms with Crippen LogP contribution in [0.4, 0.5) is 0 Å². The van der Waals surface area contributed by atoms with Gasteiger partial charge in [0.2, 0.25) is 0 Å². The van der Waals surface area contributed by atoms with E-state index in [2.05, 4.69) is 12.1 Å². The van der Waals surface area contributed by atoms with Gasteiger partial charge in [0.15, 0.2) is 0 Å². The number of hydrogen-bond donors (Lipinski definition) is 0. The van der Waals surface area contributed by atoms with Crippen LogP contribution in [0.5, 0.6) is 0 Å². The predicted molar refractivity (Wildman–Crippen MR) is 121 cm³/mol. The largest absolute Gasteiger partial charge is 0.756 e. The molecule has 0 N–H and O–H groups in total. The molecule has 0 aliphatic heterocycles. The molecule has 0 saturated carbocycles. The van der Waals surface area contributed by atoms with Crippen molar-refractivity contribution >= 4 is 20.0 Å². The Labute approximate surface area is 179 Å². The lowest BCUT2D eigenvalue weighted by Crippen LogP contribution is -2.37. The Bertz CT molecular complexity index is 897. The summed E-state index contributed by atoms with van der Waals surface area (Å²) < 4.78 is 22.3. The highest BCUT2D eigenvalue weighted by molar-refractivity contribution is 7.45. The molecule has 6 heteroatoms. The van der Waals surface area contributed by atoms with E-state index in [1.54, 1.807) is 0 Å². The van der Waals surface area contributed by atoms with E-state index in [0.29, 0.717) is 11.0 Å². The SMILES string of the molecule is C[N+](C)(C)CCOP(=O)([O-])OCc1ccc(/C=C/C=C/C=C/c2ccccc2)cc1. The van der Waals surface area contributed by atoms with Crippen LogP contribution in [-0.2, 0) is 20.2 Å². The van der Waals surface area contributed by atoms with Gasteiger partial charge in [-0.05, 0) is 16.7 Å². The molecule has 0 heterocycles. The van der Waals surface area contributed by atoms with Crippen molar-refractivity contribution in [1.82, 2.24) is 0 Å². The smallest absolute Gasteiger partial charge is 0.268 e. The van der Waals surface area contributed by atoms with E-state index < -0.39 is 7.82 Å². The Morgan fingerprint density at radius 3 is 1.97 bits per heavy atom. The number of phosphoric acid groups is 1. The second-order valence-electron chi connectivity index (χ2n) is 7.82. The molecule has 0 spiro atoms. The fourth-order valence-corrected chi connectivity index (χ4v) is 3.06. The molecule has 0 aliphatic carbocycles. The molecule has 0 aromatic heterocycles. The van der Waals surface area contributed by atoms with Crippen LogP contribution in [0.25, 0.3) is 12.2 Å². The van der Waals surface area contributed by atoms with Gasteiger partial charge in [0, 0.05) is 0 Å². The first-order valence-electron chi connectivity index (χ1n) is 9.80. The quantitative estimate of drug-likeness (QED) is 0.297. The lowest BCUT2D eigenvalue weighted by molar-refractivity contribution is -0.870. The minimum Gasteiger partial charge on any atom is -0.756 e. The number of benzene rings is 2. The zero-order valence-electron chi connectivity index (χ0n) is 17.8. The Morgan fingerprint density at radius 2 is 1.40 bits per heavy atom. The third kappa shape index (κ3) is 10.5. The molecule has 5 nitrogen and oxygen atoms in total. The highest BCUT2D eigenvalue weighted by Gasteiger charge is 2.13. The summed E-state index contributed by atoms with van der Waals surface area (Å²) in [6.07, 6.45) is 11.9. The van der Waals surface area contributed by atoms with Crippen molar-refractivity contribution in [3.63, 3.8) is 0 Å². The van der Waals surface area contributed by atoms with Gasteiger partial charge < -0.3 is 18.4 Å². The van der Waals surface area contributed by atoms with Crippen LogP contribution in [0, 0.1) is 0 Å². The highest BCUT2D eigenvalue weighted by Crippen LogP contribution is 2.39. The molecule has 0 fully saturated rings. The maximum Gasteiger partial charge on any atom is 0.268 e. The third-order valence-corrected chi connectivity index (χ3v) is 5.03. The lowest BCUT2D eigenvalue weighted by Gasteiger charge is -2.27. The number of nitrogens with zero attached hydrogens (tertiary/aromatic N) is 1. The van der Waals surface area contributed by atoms with E-state index in [1.165, 1.54) is 0 Å². The molecule has 0 radical (unpaired) electrons. The summed E-state index contributed by atoms with van der Waals surface area (Å²) in [6.45, 7) is 0.633. The zero-order valence-corrected chi connectivity index (χ0v) is 18.7. The van der Waals surface area contributed by atoms with Crippen molar-refractivity contribution in [2.75, 3.05) is 34.3 Å². The Balaban J connectivity index is 1.76. The van der Waals surface area contributed by atoms with Crippen LogP contribution >= 0.6 is 7.82 Å². The molecule has 0 bridgehead atoms. The average Bonchev–Trinajstić information content (AvgIpc) is 2.69. The molecule has 1 atom stereocenters. The third-order valence-electron chi connectivity index (χ3n) is 4.09. The van der Waals surface area contributed by atoms with E-state index in [9.17, 15) is 9.46 Å². The first-order chi connectivity index (χ1) is 14.2. The zero-order chi connectivity index (χ0) is 21.9. The monoisotopic (exact) mass is 427 g/mol. The van der Waals surface area contributed by atoms with Crippen LogP contribution in [0.1, 0.15) is 16.7 Å². The van der Waals surface area contributed by atoms with E-state index in [1.807, 2.05) is 100 Å². The lowest BCUT2D eigenvalue weighted by atomic mass is 10.1. The van der Waals surface area contributed by atoms with Crippen LogP contribution < -0.4 is 4.89 Å². The van der Waals surface area contributed by atoms with E-state index >= 15 is 0 Å². The molecule has 30 heavy (non-hydrogen) atoms. The molecule has 160 valence electrons. The highest BCUT2D eigenvalue weighted by atomic mass is 31.2. The molecule has 2 aromatic carbocycles. The fourth-order valence-electron chi connectivity index (χ4n) is 2.37. The van der Waals surface area contributed by atoms with Crippen molar-refractivity contribution in [3.05, 3.63) is 95.6 Å². The Kier molecular flexibility index (Phi) is 9.44. The van der Waals surface area contributed by atoms with Crippen LogP contribution in [0.3, 0.4) is 0 Å². The summed E-state index contributed by atoms with van der Waals surface area (Å²) in [6, 6.07) is 17.6. The van der Waals surface area contributed by atoms with Crippen LogP contribution in [-0.4, -0.2) is 38.8 Å². The van der Waals surface area contributed by atoms with Crippen molar-refractivity contribution in [2.45, 2.75) is 6.61 Å². The van der Waals surface area contributed by atoms with Gasteiger partial charge in [0.1, 0.15) is 13.2 Å². The van der Waals surface area contributed by atoms with Gasteiger partial charge in [-0.1, -0.05) is 91.1 Å². The fraction of sp³-hybridized carbons (Fsp3) is 0.250. The molecule has 0 saturated heterocycles. The summed E-state index contributed by atoms with van der Waals surface area (Å²) in [5, 5.41) is 0. The summed E-state index contributed by atoms with van der Waals surface area (Å²) >= 11 is 0. The Morgan fingerprint density at radius 1 is 0.833 bits per heavy atom. The Hall–Kier alpha value is -2.27. The first kappa shape index (κ1) is 24.0. The van der Waals surface area contributed by atoms with Crippen molar-refractivity contribution in [3.8, 4) is 0 Å². The molecule has 0 amide bonds. The van der Waals surface area contributed by atoms with Gasteiger partial charge in [0.25, 0.3) is 7.82 Å². The standard InChI is InChI=1S/C24H30NO4P/c1-25(2,3)19-20-28-30(26,27)29-21-24-17-15-23(16-18-24)14-8-5-4-7-11-22-12-9-6-10-13-22/h4-18H,19-21H2,1-3H3/b5-4+,11-7+,14-8+. The minimum absolute atomic E-state index is 0.0423. The second kappa shape index (κ2) is 11.8. The van der Waals surface area contributed by atoms with Gasteiger partial charge in [0.05, 0.1) is 27.7 Å². The second-order valence-corrected chi connectivity index (χ2v) is 9.23. The summed E-state index contributed by atoms with van der Waals surface area (Å²) in [5.74, 6) is 0. The summed E-state index contributed by atoms with van der Waals surface area (Å²) in [7, 11) is 1.60. The van der Waals surface area contributed by atoms with Gasteiger partial charge in [-0.15, -0.1) is 0 Å². The van der Waals surface area contributed by atoms with Crippen LogP contribution in [0.2, 0.25) is 0 Å². The van der Waals surface area contributed by atoms with E-state index in [-0.39, 0.29) is 13.2 Å². The normalized spacial score (nSPS) is 14.7. The number of allylic oxidation sites excluding steroid dienone is 4. The summed E-state index contributed by atoms with van der Waals surface area (Å²) in [5.41, 5.74) is 2.94. The molecular formula is C24H30NO4P. The van der Waals surface area contributed by atoms with Gasteiger partial charge >= 0.3 is 0 Å². The maximum absolute atomic E-state index is 11.8. The topological polar surface area (TPSA) is 58.6 Å². The minimum atomic E-state index is -4.30. The first-order valence-corrected chi connectivity index (χ1v) is 11.3. The number of likely N-dealkylation sites (N-methyl/N-ethyl adjacent to an activating group) is 1. The number of quaternary nitrogens is 1. The van der Waals surface area contributed by atoms with E-state index in [0.717, 1.165) is 16.7 Å². The van der Waals surface area contributed by atoms with Gasteiger partial charge in [-0.25, -0.2) is 0 Å². The molecule has 2 aromatic rings. The summed E-state index contributed by atoms with van der Waals surface area (Å²) in [4.78, 5) is 11.8. The number of hydrogen-bond acceptors (Lipinski definition) is 4. The van der Waals surface area contributed by atoms with Gasteiger partial charge in [-0.3, -0.25) is 4.57 Å². The number of rotatable bonds is 11. The molecule has 2 rings (SSSR count). The van der Waals surface area contributed by atoms with Crippen LogP contribution in [0.15, 0.2) is 78.9 Å². The molecule has 1 unspecified atom stereocenters. The average molecular weight is 427 g/mol.